The Bertz CT molecular complexity index is 1450. The molecule has 9 nitrogen and oxygen atoms in total. The number of benzene rings is 1. The number of esters is 1. The molecule has 0 N–H and O–H groups in total. The zero-order chi connectivity index (χ0) is 27.5. The first-order chi connectivity index (χ1) is 18.9. The molecule has 1 unspecified atom stereocenters. The van der Waals surface area contributed by atoms with E-state index in [1.807, 2.05) is 31.4 Å². The van der Waals surface area contributed by atoms with Crippen molar-refractivity contribution in [3.05, 3.63) is 66.0 Å². The fourth-order valence-corrected chi connectivity index (χ4v) is 5.14. The molecule has 11 heteroatoms. The average molecular weight is 537 g/mol. The number of imidazole rings is 1. The number of carbonyl (C=O) groups excluding carboxylic acids is 1. The first-order valence-corrected chi connectivity index (χ1v) is 13.0. The zero-order valence-electron chi connectivity index (χ0n) is 22.1. The summed E-state index contributed by atoms with van der Waals surface area (Å²) in [4.78, 5) is 32.4. The lowest BCUT2D eigenvalue weighted by molar-refractivity contribution is -0.148. The molecule has 0 spiro atoms. The molecule has 1 aromatic carbocycles. The summed E-state index contributed by atoms with van der Waals surface area (Å²) in [7, 11) is 0. The molecule has 0 radical (unpaired) electrons. The summed E-state index contributed by atoms with van der Waals surface area (Å²) in [5.41, 5.74) is 4.28. The molecule has 0 saturated carbocycles. The maximum atomic E-state index is 13.0. The van der Waals surface area contributed by atoms with Gasteiger partial charge in [0.05, 0.1) is 35.8 Å². The second-order valence-corrected chi connectivity index (χ2v) is 9.51. The van der Waals surface area contributed by atoms with E-state index in [0.717, 1.165) is 17.0 Å². The Labute approximate surface area is 224 Å². The minimum atomic E-state index is -2.91. The van der Waals surface area contributed by atoms with Crippen LogP contribution < -0.4 is 9.64 Å². The summed E-state index contributed by atoms with van der Waals surface area (Å²) < 4.78 is 37.9. The summed E-state index contributed by atoms with van der Waals surface area (Å²) in [6.07, 6.45) is 8.40. The maximum absolute atomic E-state index is 13.0. The number of rotatable bonds is 8. The predicted octanol–water partition coefficient (Wildman–Crippen LogP) is 5.03. The van der Waals surface area contributed by atoms with Crippen LogP contribution >= 0.6 is 0 Å². The highest BCUT2D eigenvalue weighted by Crippen LogP contribution is 2.34. The predicted molar refractivity (Wildman–Crippen MR) is 141 cm³/mol. The van der Waals surface area contributed by atoms with Crippen LogP contribution in [0.4, 0.5) is 14.7 Å². The lowest BCUT2D eigenvalue weighted by Gasteiger charge is -2.30. The smallest absolute Gasteiger partial charge is 0.387 e. The highest BCUT2D eigenvalue weighted by atomic mass is 19.3. The summed E-state index contributed by atoms with van der Waals surface area (Å²) in [5.74, 6) is 0.245. The molecule has 1 atom stereocenters. The second kappa shape index (κ2) is 11.3. The Kier molecular flexibility index (Phi) is 7.67. The maximum Gasteiger partial charge on any atom is 0.387 e. The highest BCUT2D eigenvalue weighted by Gasteiger charge is 2.27. The van der Waals surface area contributed by atoms with Gasteiger partial charge in [-0.2, -0.15) is 8.78 Å². The first kappa shape index (κ1) is 26.5. The van der Waals surface area contributed by atoms with E-state index in [2.05, 4.69) is 24.8 Å². The number of hydrogen-bond donors (Lipinski definition) is 0. The number of ether oxygens (including phenoxy) is 2. The van der Waals surface area contributed by atoms with Gasteiger partial charge in [-0.05, 0) is 32.8 Å². The van der Waals surface area contributed by atoms with Crippen LogP contribution in [-0.4, -0.2) is 56.6 Å². The molecule has 4 aromatic rings. The quantitative estimate of drug-likeness (QED) is 0.290. The Morgan fingerprint density at radius 3 is 2.51 bits per heavy atom. The van der Waals surface area contributed by atoms with Gasteiger partial charge in [-0.1, -0.05) is 25.1 Å². The van der Waals surface area contributed by atoms with Crippen LogP contribution in [0.1, 0.15) is 49.6 Å². The monoisotopic (exact) mass is 536 g/mol. The largest absolute Gasteiger partial charge is 0.466 e. The average Bonchev–Trinajstić information content (AvgIpc) is 3.28. The Hall–Kier alpha value is -4.15. The number of aromatic nitrogens is 5. The van der Waals surface area contributed by atoms with Crippen LogP contribution in [0.3, 0.4) is 0 Å². The third-order valence-electron chi connectivity index (χ3n) is 7.07. The van der Waals surface area contributed by atoms with Gasteiger partial charge in [0.2, 0.25) is 5.95 Å². The van der Waals surface area contributed by atoms with Gasteiger partial charge in [0.15, 0.2) is 5.65 Å². The number of carbonyl (C=O) groups is 1. The third-order valence-corrected chi connectivity index (χ3v) is 7.07. The summed E-state index contributed by atoms with van der Waals surface area (Å²) in [6, 6.07) is 6.80. The number of nitrogens with zero attached hydrogens (tertiary/aromatic N) is 6. The van der Waals surface area contributed by atoms with Crippen molar-refractivity contribution in [1.29, 1.82) is 0 Å². The Morgan fingerprint density at radius 2 is 1.82 bits per heavy atom. The molecule has 204 valence electrons. The lowest BCUT2D eigenvalue weighted by Crippen LogP contribution is -2.37. The Morgan fingerprint density at radius 1 is 1.10 bits per heavy atom. The summed E-state index contributed by atoms with van der Waals surface area (Å²) in [5, 5.41) is 0. The molecule has 1 fully saturated rings. The van der Waals surface area contributed by atoms with Crippen molar-refractivity contribution in [2.45, 2.75) is 46.1 Å². The van der Waals surface area contributed by atoms with Gasteiger partial charge in [-0.3, -0.25) is 14.2 Å². The fraction of sp³-hybridized carbons (Fsp3) is 0.393. The molecule has 0 aliphatic carbocycles. The van der Waals surface area contributed by atoms with E-state index in [4.69, 9.17) is 9.47 Å². The molecule has 5 rings (SSSR count). The normalized spacial score (nSPS) is 15.1. The minimum Gasteiger partial charge on any atom is -0.466 e. The van der Waals surface area contributed by atoms with Crippen LogP contribution in [-0.2, 0) is 9.53 Å². The van der Waals surface area contributed by atoms with E-state index < -0.39 is 6.61 Å². The van der Waals surface area contributed by atoms with E-state index in [1.165, 1.54) is 0 Å². The van der Waals surface area contributed by atoms with Gasteiger partial charge in [0, 0.05) is 48.7 Å². The van der Waals surface area contributed by atoms with Crippen LogP contribution in [0.2, 0.25) is 0 Å². The van der Waals surface area contributed by atoms with E-state index in [1.54, 1.807) is 42.9 Å². The number of fused-ring (bicyclic) bond motifs is 1. The van der Waals surface area contributed by atoms with Crippen molar-refractivity contribution < 1.29 is 23.0 Å². The van der Waals surface area contributed by atoms with Gasteiger partial charge in [0.1, 0.15) is 5.75 Å². The van der Waals surface area contributed by atoms with Crippen LogP contribution in [0.15, 0.2) is 49.1 Å². The number of alkyl halides is 2. The topological polar surface area (TPSA) is 94.7 Å². The number of para-hydroxylation sites is 1. The zero-order valence-corrected chi connectivity index (χ0v) is 22.1. The number of piperidine rings is 1. The van der Waals surface area contributed by atoms with Gasteiger partial charge in [-0.25, -0.2) is 15.0 Å². The van der Waals surface area contributed by atoms with Crippen LogP contribution in [0.25, 0.3) is 16.9 Å². The van der Waals surface area contributed by atoms with Crippen LogP contribution in [0, 0.1) is 12.8 Å². The summed E-state index contributed by atoms with van der Waals surface area (Å²) >= 11 is 0. The molecule has 4 heterocycles. The molecule has 0 amide bonds. The summed E-state index contributed by atoms with van der Waals surface area (Å²) in [6.45, 7) is 4.48. The number of halogens is 2. The number of anilines is 1. The van der Waals surface area contributed by atoms with E-state index in [9.17, 15) is 13.6 Å². The molecule has 39 heavy (non-hydrogen) atoms. The number of hydrogen-bond acceptors (Lipinski definition) is 8. The second-order valence-electron chi connectivity index (χ2n) is 9.51. The van der Waals surface area contributed by atoms with Crippen molar-refractivity contribution >= 4 is 17.6 Å². The van der Waals surface area contributed by atoms with Gasteiger partial charge >= 0.3 is 12.6 Å². The highest BCUT2D eigenvalue weighted by molar-refractivity contribution is 5.72. The number of aryl methyl sites for hydroxylation is 1. The van der Waals surface area contributed by atoms with Crippen molar-refractivity contribution in [3.63, 3.8) is 0 Å². The SMILES string of the molecule is CCOC(=O)C1CCN(c2ncc(-c3cn4c(C(C)c5ccccc5OC(F)F)c(C)nc4cn3)cn2)CC1. The molecule has 1 saturated heterocycles. The molecular formula is C28H30F2N6O3. The lowest BCUT2D eigenvalue weighted by atomic mass is 9.95. The van der Waals surface area contributed by atoms with Gasteiger partial charge in [-0.15, -0.1) is 0 Å². The minimum absolute atomic E-state index is 0.0828. The van der Waals surface area contributed by atoms with E-state index in [0.29, 0.717) is 55.4 Å². The van der Waals surface area contributed by atoms with E-state index >= 15 is 0 Å². The van der Waals surface area contributed by atoms with Crippen molar-refractivity contribution in [1.82, 2.24) is 24.3 Å². The van der Waals surface area contributed by atoms with Crippen molar-refractivity contribution in [2.24, 2.45) is 5.92 Å². The molecule has 1 aliphatic rings. The van der Waals surface area contributed by atoms with Crippen molar-refractivity contribution in [2.75, 3.05) is 24.6 Å². The van der Waals surface area contributed by atoms with Gasteiger partial charge < -0.3 is 14.4 Å². The third kappa shape index (κ3) is 5.52. The van der Waals surface area contributed by atoms with E-state index in [-0.39, 0.29) is 23.6 Å². The van der Waals surface area contributed by atoms with Gasteiger partial charge in [0.25, 0.3) is 0 Å². The van der Waals surface area contributed by atoms with Crippen LogP contribution in [0.5, 0.6) is 5.75 Å². The molecular weight excluding hydrogens is 506 g/mol. The van der Waals surface area contributed by atoms with Crippen molar-refractivity contribution in [3.8, 4) is 17.0 Å². The first-order valence-electron chi connectivity index (χ1n) is 13.0. The standard InChI is InChI=1S/C28H30F2N6O3/c1-4-38-26(37)19-9-11-35(12-10-19)28-32-13-20(14-33-28)22-16-36-24(15-31-22)34-18(3)25(36)17(2)21-7-5-6-8-23(21)39-27(29)30/h5-8,13-17,19,27H,4,9-12H2,1-3H3. The molecule has 0 bridgehead atoms. The Balaban J connectivity index is 1.38. The molecule has 1 aliphatic heterocycles. The molecule has 3 aromatic heterocycles. The fourth-order valence-electron chi connectivity index (χ4n) is 5.14.